The summed E-state index contributed by atoms with van der Waals surface area (Å²) in [5.41, 5.74) is 0. The van der Waals surface area contributed by atoms with Crippen LogP contribution in [0.25, 0.3) is 0 Å². The van der Waals surface area contributed by atoms with E-state index in [9.17, 15) is 0 Å². The Hall–Kier alpha value is -0.660. The summed E-state index contributed by atoms with van der Waals surface area (Å²) >= 11 is -2.85. The van der Waals surface area contributed by atoms with Gasteiger partial charge >= 0.3 is 48.7 Å². The zero-order valence-electron chi connectivity index (χ0n) is 3.42. The zero-order chi connectivity index (χ0) is 5.70. The molecular weight excluding hydrogens is 193 g/mol. The van der Waals surface area contributed by atoms with Crippen LogP contribution < -0.4 is 0 Å². The third-order valence-corrected chi connectivity index (χ3v) is 2.60. The van der Waals surface area contributed by atoms with E-state index in [1.54, 1.807) is 11.5 Å². The first-order valence-electron chi connectivity index (χ1n) is 1.54. The van der Waals surface area contributed by atoms with Gasteiger partial charge in [-0.15, -0.1) is 0 Å². The maximum atomic E-state index is 7.92. The summed E-state index contributed by atoms with van der Waals surface area (Å²) in [4.78, 5) is 0. The van der Waals surface area contributed by atoms with E-state index in [2.05, 4.69) is 0 Å². The minimum absolute atomic E-state index is 1.69. The molecule has 4 heteroatoms. The molecule has 0 saturated heterocycles. The summed E-state index contributed by atoms with van der Waals surface area (Å²) in [6.45, 7) is 0. The topological polar surface area (TPSA) is 71.4 Å². The molecule has 0 heterocycles. The van der Waals surface area contributed by atoms with Gasteiger partial charge in [-0.25, -0.2) is 0 Å². The molecule has 30 valence electrons. The van der Waals surface area contributed by atoms with Gasteiger partial charge in [0.05, 0.1) is 0 Å². The van der Waals surface area contributed by atoms with Gasteiger partial charge in [0.25, 0.3) is 0 Å². The molecule has 0 aromatic rings. The van der Waals surface area contributed by atoms with E-state index < -0.39 is 21.4 Å². The Morgan fingerprint density at radius 1 is 0.857 bits per heavy atom. The Morgan fingerprint density at radius 3 is 1.14 bits per heavy atom. The Balaban J connectivity index is 3.82. The average molecular weight is 193 g/mol. The predicted molar refractivity (Wildman–Crippen MR) is 22.6 cm³/mol. The van der Waals surface area contributed by atoms with E-state index in [-0.39, 0.29) is 0 Å². The Bertz CT molecular complexity index is 133. The fourth-order valence-electron chi connectivity index (χ4n) is 0.0866. The molecule has 0 N–H and O–H groups in total. The molecule has 7 heavy (non-hydrogen) atoms. The molecule has 0 bridgehead atoms. The summed E-state index contributed by atoms with van der Waals surface area (Å²) in [6, 6.07) is 0. The molecule has 0 aliphatic heterocycles. The van der Waals surface area contributed by atoms with E-state index in [1.165, 1.54) is 0 Å². The van der Waals surface area contributed by atoms with Gasteiger partial charge in [-0.3, -0.25) is 0 Å². The van der Waals surface area contributed by atoms with Crippen LogP contribution in [0.2, 0.25) is 0 Å². The van der Waals surface area contributed by atoms with Crippen molar-refractivity contribution in [2.24, 2.45) is 0 Å². The standard InChI is InChI=1S/3CN.In/c3*1-2;. The molecule has 0 fully saturated rings. The second-order valence-corrected chi connectivity index (χ2v) is 5.50. The first-order chi connectivity index (χ1) is 3.35. The summed E-state index contributed by atoms with van der Waals surface area (Å²) < 4.78 is 5.07. The van der Waals surface area contributed by atoms with Gasteiger partial charge in [0.2, 0.25) is 0 Å². The summed E-state index contributed by atoms with van der Waals surface area (Å²) in [7, 11) is 0. The van der Waals surface area contributed by atoms with Crippen molar-refractivity contribution >= 4 is 21.4 Å². The SMILES string of the molecule is N#[C][In]([C]#N)[C]#N. The molecular formula is C3InN3. The van der Waals surface area contributed by atoms with Gasteiger partial charge in [-0.05, 0) is 0 Å². The van der Waals surface area contributed by atoms with Crippen LogP contribution in [0.3, 0.4) is 0 Å². The average Bonchev–Trinajstić information content (AvgIpc) is 1.72. The second kappa shape index (κ2) is 3.53. The van der Waals surface area contributed by atoms with Gasteiger partial charge in [0, 0.05) is 0 Å². The Labute approximate surface area is 48.9 Å². The second-order valence-electron chi connectivity index (χ2n) is 0.820. The van der Waals surface area contributed by atoms with Gasteiger partial charge in [-0.2, -0.15) is 0 Å². The van der Waals surface area contributed by atoms with E-state index >= 15 is 0 Å². The van der Waals surface area contributed by atoms with Crippen LogP contribution >= 0.6 is 0 Å². The van der Waals surface area contributed by atoms with Crippen LogP contribution in [0.5, 0.6) is 0 Å². The molecule has 0 aromatic heterocycles. The van der Waals surface area contributed by atoms with Crippen molar-refractivity contribution < 1.29 is 0 Å². The van der Waals surface area contributed by atoms with Crippen molar-refractivity contribution in [2.75, 3.05) is 0 Å². The van der Waals surface area contributed by atoms with E-state index in [0.717, 1.165) is 0 Å². The summed E-state index contributed by atoms with van der Waals surface area (Å²) in [6.07, 6.45) is 0. The quantitative estimate of drug-likeness (QED) is 0.528. The first kappa shape index (κ1) is 6.34. The van der Waals surface area contributed by atoms with Crippen molar-refractivity contribution in [1.82, 2.24) is 0 Å². The van der Waals surface area contributed by atoms with Crippen LogP contribution in [0.4, 0.5) is 0 Å². The molecule has 0 amide bonds. The van der Waals surface area contributed by atoms with Crippen LogP contribution in [-0.4, -0.2) is 21.4 Å². The van der Waals surface area contributed by atoms with Crippen LogP contribution in [0.1, 0.15) is 0 Å². The van der Waals surface area contributed by atoms with Crippen molar-refractivity contribution in [3.63, 3.8) is 0 Å². The van der Waals surface area contributed by atoms with Gasteiger partial charge in [0.1, 0.15) is 0 Å². The number of hydrogen-bond acceptors (Lipinski definition) is 3. The van der Waals surface area contributed by atoms with Gasteiger partial charge in [-0.1, -0.05) is 0 Å². The normalized spacial score (nSPS) is 4.71. The molecule has 0 rings (SSSR count). The molecule has 0 spiro atoms. The van der Waals surface area contributed by atoms with Crippen molar-refractivity contribution in [1.29, 1.82) is 15.8 Å². The van der Waals surface area contributed by atoms with Crippen LogP contribution in [0, 0.1) is 27.3 Å². The van der Waals surface area contributed by atoms with Gasteiger partial charge < -0.3 is 0 Å². The van der Waals surface area contributed by atoms with E-state index in [0.29, 0.717) is 0 Å². The number of nitrogens with zero attached hydrogens (tertiary/aromatic N) is 3. The predicted octanol–water partition coefficient (Wildman–Crippen LogP) is -0.330. The van der Waals surface area contributed by atoms with Crippen molar-refractivity contribution in [2.45, 2.75) is 0 Å². The van der Waals surface area contributed by atoms with E-state index in [1.807, 2.05) is 0 Å². The fraction of sp³-hybridized carbons (Fsp3) is 0. The molecule has 0 unspecified atom stereocenters. The Kier molecular flexibility index (Phi) is 3.19. The summed E-state index contributed by atoms with van der Waals surface area (Å²) in [5.74, 6) is 0. The van der Waals surface area contributed by atoms with Crippen LogP contribution in [0.15, 0.2) is 0 Å². The third-order valence-electron chi connectivity index (χ3n) is 0.387. The van der Waals surface area contributed by atoms with Crippen molar-refractivity contribution in [3.8, 4) is 11.5 Å². The number of nitriles is 3. The fourth-order valence-corrected chi connectivity index (χ4v) is 0.581. The van der Waals surface area contributed by atoms with Crippen molar-refractivity contribution in [3.05, 3.63) is 0 Å². The number of rotatable bonds is 0. The Morgan fingerprint density at radius 2 is 1.14 bits per heavy atom. The molecule has 0 aliphatic rings. The molecule has 0 aliphatic carbocycles. The summed E-state index contributed by atoms with van der Waals surface area (Å²) in [5, 5.41) is 23.8. The third kappa shape index (κ3) is 2.09. The van der Waals surface area contributed by atoms with Crippen LogP contribution in [-0.2, 0) is 0 Å². The first-order valence-corrected chi connectivity index (χ1v) is 6.48. The monoisotopic (exact) mass is 193 g/mol. The number of hydrogen-bond donors (Lipinski definition) is 0. The molecule has 0 saturated carbocycles. The molecule has 0 aromatic carbocycles. The molecule has 0 radical (unpaired) electrons. The molecule has 0 atom stereocenters. The van der Waals surface area contributed by atoms with E-state index in [4.69, 9.17) is 15.8 Å². The van der Waals surface area contributed by atoms with Gasteiger partial charge in [0.15, 0.2) is 0 Å². The maximum absolute atomic E-state index is 7.92. The minimum atomic E-state index is -2.85. The molecule has 3 nitrogen and oxygen atoms in total. The zero-order valence-corrected chi connectivity index (χ0v) is 6.71.